The highest BCUT2D eigenvalue weighted by molar-refractivity contribution is 5.75. The van der Waals surface area contributed by atoms with Gasteiger partial charge in [-0.05, 0) is 70.1 Å². The number of hydrogen-bond donors (Lipinski definition) is 0. The zero-order valence-corrected chi connectivity index (χ0v) is 20.1. The fourth-order valence-electron chi connectivity index (χ4n) is 7.25. The summed E-state index contributed by atoms with van der Waals surface area (Å²) in [5.74, 6) is 4.85. The van der Waals surface area contributed by atoms with E-state index in [9.17, 15) is 0 Å². The molecule has 176 valence electrons. The average molecular weight is 458 g/mol. The van der Waals surface area contributed by atoms with E-state index in [2.05, 4.69) is 27.8 Å². The van der Waals surface area contributed by atoms with Gasteiger partial charge in [0.05, 0.1) is 42.0 Å². The predicted octanol–water partition coefficient (Wildman–Crippen LogP) is 3.90. The van der Waals surface area contributed by atoms with Crippen molar-refractivity contribution in [2.45, 2.75) is 70.6 Å². The Hall–Kier alpha value is -2.61. The summed E-state index contributed by atoms with van der Waals surface area (Å²) < 4.78 is 8.46. The normalized spacial score (nSPS) is 36.0. The highest BCUT2D eigenvalue weighted by atomic mass is 16.5. The first-order chi connectivity index (χ1) is 16.5. The molecule has 0 bridgehead atoms. The van der Waals surface area contributed by atoms with Crippen LogP contribution < -0.4 is 4.90 Å². The predicted molar refractivity (Wildman–Crippen MR) is 127 cm³/mol. The van der Waals surface area contributed by atoms with E-state index in [1.165, 1.54) is 25.7 Å². The van der Waals surface area contributed by atoms with Gasteiger partial charge < -0.3 is 9.64 Å². The molecule has 4 aliphatic carbocycles. The molecule has 4 saturated carbocycles. The van der Waals surface area contributed by atoms with Gasteiger partial charge in [-0.15, -0.1) is 0 Å². The van der Waals surface area contributed by atoms with Gasteiger partial charge in [0.2, 0.25) is 5.95 Å². The molecule has 3 aromatic heterocycles. The molecule has 0 radical (unpaired) electrons. The third kappa shape index (κ3) is 2.72. The van der Waals surface area contributed by atoms with Crippen molar-refractivity contribution in [1.29, 1.82) is 0 Å². The molecule has 34 heavy (non-hydrogen) atoms. The molecule has 8 nitrogen and oxygen atoms in total. The minimum atomic E-state index is -0.0306. The van der Waals surface area contributed by atoms with Crippen LogP contribution in [0.1, 0.15) is 73.3 Å². The van der Waals surface area contributed by atoms with Crippen LogP contribution in [0.15, 0.2) is 12.4 Å². The lowest BCUT2D eigenvalue weighted by molar-refractivity contribution is -0.214. The van der Waals surface area contributed by atoms with E-state index < -0.39 is 0 Å². The lowest BCUT2D eigenvalue weighted by Gasteiger charge is -2.72. The summed E-state index contributed by atoms with van der Waals surface area (Å²) in [6.07, 6.45) is 9.39. The fraction of sp³-hybridized carbons (Fsp3) is 0.654. The van der Waals surface area contributed by atoms with E-state index in [0.29, 0.717) is 12.0 Å². The molecule has 4 unspecified atom stereocenters. The van der Waals surface area contributed by atoms with Crippen LogP contribution in [-0.2, 0) is 4.74 Å². The Bertz CT molecular complexity index is 1300. The molecule has 3 aromatic rings. The van der Waals surface area contributed by atoms with Crippen molar-refractivity contribution in [3.63, 3.8) is 0 Å². The van der Waals surface area contributed by atoms with Gasteiger partial charge in [-0.2, -0.15) is 10.1 Å². The van der Waals surface area contributed by atoms with Crippen molar-refractivity contribution in [2.24, 2.45) is 23.7 Å². The monoisotopic (exact) mass is 457 g/mol. The number of anilines is 1. The lowest BCUT2D eigenvalue weighted by atomic mass is 9.32. The molecule has 8 rings (SSSR count). The zero-order valence-electron chi connectivity index (χ0n) is 20.1. The van der Waals surface area contributed by atoms with E-state index in [-0.39, 0.29) is 12.2 Å². The van der Waals surface area contributed by atoms with Crippen LogP contribution >= 0.6 is 0 Å². The van der Waals surface area contributed by atoms with Gasteiger partial charge in [-0.1, -0.05) is 0 Å². The number of aryl methyl sites for hydroxylation is 2. The first-order valence-corrected chi connectivity index (χ1v) is 13.0. The highest BCUT2D eigenvalue weighted by Gasteiger charge is 2.68. The molecule has 5 fully saturated rings. The van der Waals surface area contributed by atoms with Crippen molar-refractivity contribution in [2.75, 3.05) is 18.0 Å². The zero-order chi connectivity index (χ0) is 22.7. The Balaban J connectivity index is 1.18. The second kappa shape index (κ2) is 6.74. The summed E-state index contributed by atoms with van der Waals surface area (Å²) in [7, 11) is 0. The van der Waals surface area contributed by atoms with Gasteiger partial charge in [0.15, 0.2) is 5.65 Å². The maximum absolute atomic E-state index is 6.36. The van der Waals surface area contributed by atoms with Crippen LogP contribution in [0.5, 0.6) is 0 Å². The topological polar surface area (TPSA) is 81.9 Å². The maximum Gasteiger partial charge on any atom is 0.227 e. The van der Waals surface area contributed by atoms with Gasteiger partial charge in [0, 0.05) is 24.2 Å². The fourth-order valence-corrected chi connectivity index (χ4v) is 7.25. The number of morpholine rings is 1. The Morgan fingerprint density at radius 1 is 0.971 bits per heavy atom. The van der Waals surface area contributed by atoms with Crippen LogP contribution in [0.4, 0.5) is 5.95 Å². The van der Waals surface area contributed by atoms with Crippen LogP contribution in [0, 0.1) is 37.5 Å². The molecule has 0 aromatic carbocycles. The number of ether oxygens (including phenoxy) is 1. The molecular formula is C26H31N7O. The van der Waals surface area contributed by atoms with E-state index in [1.807, 2.05) is 20.0 Å². The molecule has 4 heterocycles. The first-order valence-electron chi connectivity index (χ1n) is 13.0. The molecule has 1 saturated heterocycles. The number of fused-ring (bicyclic) bond motifs is 1. The molecular weight excluding hydrogens is 426 g/mol. The summed E-state index contributed by atoms with van der Waals surface area (Å²) >= 11 is 0. The van der Waals surface area contributed by atoms with Crippen LogP contribution in [0.2, 0.25) is 0 Å². The van der Waals surface area contributed by atoms with Crippen molar-refractivity contribution in [1.82, 2.24) is 29.7 Å². The van der Waals surface area contributed by atoms with Gasteiger partial charge in [0.25, 0.3) is 0 Å². The van der Waals surface area contributed by atoms with Gasteiger partial charge in [0.1, 0.15) is 11.6 Å². The second-order valence-corrected chi connectivity index (χ2v) is 11.5. The second-order valence-electron chi connectivity index (χ2n) is 11.5. The molecule has 0 spiro atoms. The van der Waals surface area contributed by atoms with Crippen LogP contribution in [0.3, 0.4) is 0 Å². The van der Waals surface area contributed by atoms with E-state index in [1.54, 1.807) is 0 Å². The molecule has 4 atom stereocenters. The highest BCUT2D eigenvalue weighted by Crippen LogP contribution is 2.75. The number of hydrogen-bond acceptors (Lipinski definition) is 7. The molecule has 5 aliphatic rings. The summed E-state index contributed by atoms with van der Waals surface area (Å²) in [5.41, 5.74) is 5.90. The molecule has 8 heteroatoms. The first kappa shape index (κ1) is 19.7. The third-order valence-corrected chi connectivity index (χ3v) is 9.34. The van der Waals surface area contributed by atoms with Crippen molar-refractivity contribution < 1.29 is 4.74 Å². The van der Waals surface area contributed by atoms with E-state index >= 15 is 0 Å². The number of aromatic nitrogens is 6. The van der Waals surface area contributed by atoms with E-state index in [4.69, 9.17) is 24.7 Å². The van der Waals surface area contributed by atoms with Gasteiger partial charge >= 0.3 is 0 Å². The summed E-state index contributed by atoms with van der Waals surface area (Å²) in [5, 5.41) is 4.59. The van der Waals surface area contributed by atoms with Crippen LogP contribution in [0.25, 0.3) is 11.2 Å². The largest absolute Gasteiger partial charge is 0.367 e. The number of rotatable bonds is 4. The Kier molecular flexibility index (Phi) is 3.90. The van der Waals surface area contributed by atoms with E-state index in [0.717, 1.165) is 76.5 Å². The third-order valence-electron chi connectivity index (χ3n) is 9.34. The van der Waals surface area contributed by atoms with Gasteiger partial charge in [-0.25, -0.2) is 15.0 Å². The molecule has 0 N–H and O–H groups in total. The summed E-state index contributed by atoms with van der Waals surface area (Å²) in [6, 6.07) is 0.575. The standard InChI is InChI=1S/C26H31N7O/c1-12-9-32(11-20(34-12)16-8-27-33(10-16)17-4-5-17)26-30-23(22-18-6-15-7-19(22)21(15)18)24-25(31-26)29-14(3)13(2)28-24/h8,10,12,15,17-22H,4-7,9,11H2,1-3H3. The lowest BCUT2D eigenvalue weighted by Crippen LogP contribution is -2.66. The van der Waals surface area contributed by atoms with Crippen molar-refractivity contribution in [3.05, 3.63) is 35.0 Å². The minimum Gasteiger partial charge on any atom is -0.367 e. The van der Waals surface area contributed by atoms with Crippen LogP contribution in [-0.4, -0.2) is 48.9 Å². The van der Waals surface area contributed by atoms with Crippen molar-refractivity contribution >= 4 is 17.1 Å². The maximum atomic E-state index is 6.36. The molecule has 1 aliphatic heterocycles. The quantitative estimate of drug-likeness (QED) is 0.588. The van der Waals surface area contributed by atoms with Crippen molar-refractivity contribution in [3.8, 4) is 0 Å². The Morgan fingerprint density at radius 2 is 1.76 bits per heavy atom. The summed E-state index contributed by atoms with van der Waals surface area (Å²) in [6.45, 7) is 7.71. The number of nitrogens with zero attached hydrogens (tertiary/aromatic N) is 7. The van der Waals surface area contributed by atoms with Gasteiger partial charge in [-0.3, -0.25) is 4.68 Å². The Morgan fingerprint density at radius 3 is 2.50 bits per heavy atom. The molecule has 0 amide bonds. The SMILES string of the molecule is Cc1nc2nc(N3CC(C)OC(c4cnn(C5CC5)c4)C3)nc(C3C4CC5CC3C54)c2nc1C. The Labute approximate surface area is 199 Å². The smallest absolute Gasteiger partial charge is 0.227 e. The minimum absolute atomic E-state index is 0.0306. The summed E-state index contributed by atoms with van der Waals surface area (Å²) in [4.78, 5) is 22.4. The average Bonchev–Trinajstić information content (AvgIpc) is 3.55.